The first kappa shape index (κ1) is 11.0. The fourth-order valence-electron chi connectivity index (χ4n) is 2.21. The minimum absolute atomic E-state index is 0.600. The highest BCUT2D eigenvalue weighted by Crippen LogP contribution is 2.33. The van der Waals surface area contributed by atoms with Crippen LogP contribution in [0.25, 0.3) is 0 Å². The molecule has 0 saturated heterocycles. The maximum Gasteiger partial charge on any atom is 0.00672 e. The Morgan fingerprint density at radius 2 is 2.00 bits per heavy atom. The van der Waals surface area contributed by atoms with Gasteiger partial charge in [0.05, 0.1) is 0 Å². The van der Waals surface area contributed by atoms with Gasteiger partial charge in [-0.2, -0.15) is 0 Å². The van der Waals surface area contributed by atoms with Crippen molar-refractivity contribution in [1.82, 2.24) is 5.32 Å². The molecule has 0 aliphatic heterocycles. The molecule has 1 heteroatoms. The summed E-state index contributed by atoms with van der Waals surface area (Å²) in [6, 6.07) is 0.807. The largest absolute Gasteiger partial charge is 0.314 e. The molecular weight excluding hydrogens is 158 g/mol. The van der Waals surface area contributed by atoms with Crippen LogP contribution in [0.1, 0.15) is 59.3 Å². The first-order valence-corrected chi connectivity index (χ1v) is 5.87. The average molecular weight is 183 g/mol. The Hall–Kier alpha value is -0.0400. The highest BCUT2D eigenvalue weighted by Gasteiger charge is 2.23. The zero-order valence-corrected chi connectivity index (χ0v) is 9.53. The van der Waals surface area contributed by atoms with Gasteiger partial charge in [-0.15, -0.1) is 0 Å². The lowest BCUT2D eigenvalue weighted by Gasteiger charge is -2.22. The SMILES string of the molecule is CCCNC1CCCC(C)(C)CC1. The summed E-state index contributed by atoms with van der Waals surface area (Å²) in [4.78, 5) is 0. The first-order valence-electron chi connectivity index (χ1n) is 5.87. The van der Waals surface area contributed by atoms with Gasteiger partial charge in [0.2, 0.25) is 0 Å². The Morgan fingerprint density at radius 1 is 1.23 bits per heavy atom. The summed E-state index contributed by atoms with van der Waals surface area (Å²) in [5.41, 5.74) is 0.600. The number of rotatable bonds is 3. The second-order valence-corrected chi connectivity index (χ2v) is 5.25. The lowest BCUT2D eigenvalue weighted by molar-refractivity contribution is 0.310. The maximum atomic E-state index is 3.65. The molecule has 0 heterocycles. The lowest BCUT2D eigenvalue weighted by atomic mass is 9.85. The van der Waals surface area contributed by atoms with E-state index < -0.39 is 0 Å². The van der Waals surface area contributed by atoms with Crippen LogP contribution in [0.2, 0.25) is 0 Å². The van der Waals surface area contributed by atoms with Gasteiger partial charge >= 0.3 is 0 Å². The van der Waals surface area contributed by atoms with Crippen molar-refractivity contribution in [3.05, 3.63) is 0 Å². The van der Waals surface area contributed by atoms with Crippen LogP contribution in [0.3, 0.4) is 0 Å². The molecule has 78 valence electrons. The zero-order chi connectivity index (χ0) is 9.73. The second-order valence-electron chi connectivity index (χ2n) is 5.25. The van der Waals surface area contributed by atoms with Crippen molar-refractivity contribution < 1.29 is 0 Å². The molecule has 1 fully saturated rings. The van der Waals surface area contributed by atoms with Crippen molar-refractivity contribution in [3.63, 3.8) is 0 Å². The summed E-state index contributed by atoms with van der Waals surface area (Å²) >= 11 is 0. The molecule has 1 nitrogen and oxygen atoms in total. The van der Waals surface area contributed by atoms with Crippen molar-refractivity contribution >= 4 is 0 Å². The van der Waals surface area contributed by atoms with E-state index in [9.17, 15) is 0 Å². The molecule has 0 radical (unpaired) electrons. The predicted octanol–water partition coefficient (Wildman–Crippen LogP) is 3.34. The molecule has 1 unspecified atom stereocenters. The van der Waals surface area contributed by atoms with Crippen LogP contribution in [-0.4, -0.2) is 12.6 Å². The molecule has 1 rings (SSSR count). The highest BCUT2D eigenvalue weighted by molar-refractivity contribution is 4.79. The van der Waals surface area contributed by atoms with Crippen molar-refractivity contribution in [2.45, 2.75) is 65.3 Å². The van der Waals surface area contributed by atoms with Gasteiger partial charge in [-0.1, -0.05) is 27.2 Å². The van der Waals surface area contributed by atoms with Gasteiger partial charge in [0.25, 0.3) is 0 Å². The van der Waals surface area contributed by atoms with E-state index in [1.165, 1.54) is 45.1 Å². The third-order valence-corrected chi connectivity index (χ3v) is 3.26. The van der Waals surface area contributed by atoms with E-state index in [4.69, 9.17) is 0 Å². The Kier molecular flexibility index (Phi) is 4.24. The molecule has 1 aliphatic carbocycles. The van der Waals surface area contributed by atoms with Crippen LogP contribution in [0.4, 0.5) is 0 Å². The molecule has 13 heavy (non-hydrogen) atoms. The number of hydrogen-bond acceptors (Lipinski definition) is 1. The van der Waals surface area contributed by atoms with Gasteiger partial charge < -0.3 is 5.32 Å². The minimum atomic E-state index is 0.600. The van der Waals surface area contributed by atoms with Crippen LogP contribution < -0.4 is 5.32 Å². The third kappa shape index (κ3) is 4.12. The van der Waals surface area contributed by atoms with Gasteiger partial charge in [-0.25, -0.2) is 0 Å². The average Bonchev–Trinajstić information content (AvgIpc) is 2.23. The molecule has 1 saturated carbocycles. The lowest BCUT2D eigenvalue weighted by Crippen LogP contribution is -2.29. The summed E-state index contributed by atoms with van der Waals surface area (Å²) in [5.74, 6) is 0. The third-order valence-electron chi connectivity index (χ3n) is 3.26. The predicted molar refractivity (Wildman–Crippen MR) is 58.9 cm³/mol. The maximum absolute atomic E-state index is 3.65. The zero-order valence-electron chi connectivity index (χ0n) is 9.53. The van der Waals surface area contributed by atoms with Gasteiger partial charge in [-0.05, 0) is 44.1 Å². The van der Waals surface area contributed by atoms with Gasteiger partial charge in [0.15, 0.2) is 0 Å². The molecule has 0 aromatic carbocycles. The van der Waals surface area contributed by atoms with Gasteiger partial charge in [0, 0.05) is 6.04 Å². The summed E-state index contributed by atoms with van der Waals surface area (Å²) in [6.45, 7) is 8.27. The number of nitrogens with one attached hydrogen (secondary N) is 1. The molecule has 0 bridgehead atoms. The molecule has 0 aromatic heterocycles. The molecule has 1 atom stereocenters. The smallest absolute Gasteiger partial charge is 0.00672 e. The molecule has 0 amide bonds. The Bertz CT molecular complexity index is 140. The van der Waals surface area contributed by atoms with Crippen molar-refractivity contribution in [2.24, 2.45) is 5.41 Å². The van der Waals surface area contributed by atoms with E-state index in [2.05, 4.69) is 26.1 Å². The summed E-state index contributed by atoms with van der Waals surface area (Å²) < 4.78 is 0. The van der Waals surface area contributed by atoms with Crippen LogP contribution in [0.5, 0.6) is 0 Å². The van der Waals surface area contributed by atoms with E-state index in [1.807, 2.05) is 0 Å². The normalized spacial score (nSPS) is 28.4. The van der Waals surface area contributed by atoms with Crippen LogP contribution in [-0.2, 0) is 0 Å². The van der Waals surface area contributed by atoms with Crippen molar-refractivity contribution in [1.29, 1.82) is 0 Å². The monoisotopic (exact) mass is 183 g/mol. The first-order chi connectivity index (χ1) is 6.14. The summed E-state index contributed by atoms with van der Waals surface area (Å²) in [6.07, 6.45) is 8.26. The fourth-order valence-corrected chi connectivity index (χ4v) is 2.21. The van der Waals surface area contributed by atoms with E-state index in [1.54, 1.807) is 0 Å². The van der Waals surface area contributed by atoms with Gasteiger partial charge in [0.1, 0.15) is 0 Å². The molecule has 0 aromatic rings. The van der Waals surface area contributed by atoms with E-state index >= 15 is 0 Å². The quantitative estimate of drug-likeness (QED) is 0.662. The molecule has 1 aliphatic rings. The van der Waals surface area contributed by atoms with Crippen LogP contribution in [0.15, 0.2) is 0 Å². The van der Waals surface area contributed by atoms with Crippen molar-refractivity contribution in [3.8, 4) is 0 Å². The highest BCUT2D eigenvalue weighted by atomic mass is 14.9. The summed E-state index contributed by atoms with van der Waals surface area (Å²) in [5, 5.41) is 3.65. The van der Waals surface area contributed by atoms with Crippen molar-refractivity contribution in [2.75, 3.05) is 6.54 Å². The van der Waals surface area contributed by atoms with Crippen LogP contribution in [0, 0.1) is 5.41 Å². The standard InChI is InChI=1S/C12H25N/c1-4-10-13-11-6-5-8-12(2,3)9-7-11/h11,13H,4-10H2,1-3H3. The Labute approximate surface area is 83.3 Å². The summed E-state index contributed by atoms with van der Waals surface area (Å²) in [7, 11) is 0. The Balaban J connectivity index is 2.28. The van der Waals surface area contributed by atoms with E-state index in [-0.39, 0.29) is 0 Å². The fraction of sp³-hybridized carbons (Fsp3) is 1.00. The molecule has 1 N–H and O–H groups in total. The van der Waals surface area contributed by atoms with E-state index in [0.717, 1.165) is 6.04 Å². The Morgan fingerprint density at radius 3 is 2.69 bits per heavy atom. The molecular formula is C12H25N. The van der Waals surface area contributed by atoms with Gasteiger partial charge in [-0.3, -0.25) is 0 Å². The topological polar surface area (TPSA) is 12.0 Å². The molecule has 0 spiro atoms. The van der Waals surface area contributed by atoms with E-state index in [0.29, 0.717) is 5.41 Å². The second kappa shape index (κ2) is 4.99. The minimum Gasteiger partial charge on any atom is -0.314 e. The van der Waals surface area contributed by atoms with Crippen LogP contribution >= 0.6 is 0 Å². The number of hydrogen-bond donors (Lipinski definition) is 1.